The molecule has 0 saturated heterocycles. The number of carbonyl (C=O) groups excluding carboxylic acids is 1. The molecule has 0 bridgehead atoms. The SMILES string of the molecule is NCc1ccc(CC(=O)NCCOC2CCCCC2)cc1. The van der Waals surface area contributed by atoms with E-state index in [0.29, 0.717) is 32.2 Å². The zero-order valence-corrected chi connectivity index (χ0v) is 12.6. The number of nitrogens with one attached hydrogen (secondary N) is 1. The minimum absolute atomic E-state index is 0.0442. The normalized spacial score (nSPS) is 15.9. The third-order valence-corrected chi connectivity index (χ3v) is 3.95. The van der Waals surface area contributed by atoms with Crippen molar-refractivity contribution in [3.05, 3.63) is 35.4 Å². The van der Waals surface area contributed by atoms with Gasteiger partial charge in [0, 0.05) is 13.1 Å². The average Bonchev–Trinajstić information content (AvgIpc) is 2.53. The van der Waals surface area contributed by atoms with Crippen molar-refractivity contribution in [2.45, 2.75) is 51.2 Å². The predicted molar refractivity (Wildman–Crippen MR) is 83.9 cm³/mol. The van der Waals surface area contributed by atoms with Crippen molar-refractivity contribution in [1.29, 1.82) is 0 Å². The standard InChI is InChI=1S/C17H26N2O2/c18-13-15-8-6-14(7-9-15)12-17(20)19-10-11-21-16-4-2-1-3-5-16/h6-9,16H,1-5,10-13,18H2,(H,19,20). The lowest BCUT2D eigenvalue weighted by Crippen LogP contribution is -2.30. The van der Waals surface area contributed by atoms with Gasteiger partial charge in [-0.2, -0.15) is 0 Å². The second kappa shape index (κ2) is 8.80. The molecule has 1 aromatic carbocycles. The molecule has 4 heteroatoms. The Kier molecular flexibility index (Phi) is 6.70. The van der Waals surface area contributed by atoms with Gasteiger partial charge in [0.2, 0.25) is 5.91 Å². The molecule has 0 aliphatic heterocycles. The Morgan fingerprint density at radius 1 is 1.14 bits per heavy atom. The summed E-state index contributed by atoms with van der Waals surface area (Å²) in [7, 11) is 0. The fourth-order valence-corrected chi connectivity index (χ4v) is 2.69. The van der Waals surface area contributed by atoms with E-state index in [4.69, 9.17) is 10.5 Å². The minimum Gasteiger partial charge on any atom is -0.376 e. The maximum Gasteiger partial charge on any atom is 0.224 e. The summed E-state index contributed by atoms with van der Waals surface area (Å²) in [5, 5.41) is 2.91. The van der Waals surface area contributed by atoms with Gasteiger partial charge in [-0.25, -0.2) is 0 Å². The number of carbonyl (C=O) groups is 1. The van der Waals surface area contributed by atoms with E-state index in [1.54, 1.807) is 0 Å². The maximum atomic E-state index is 11.8. The van der Waals surface area contributed by atoms with Crippen LogP contribution in [0.2, 0.25) is 0 Å². The Balaban J connectivity index is 1.60. The van der Waals surface area contributed by atoms with Crippen LogP contribution in [0.3, 0.4) is 0 Å². The van der Waals surface area contributed by atoms with Crippen LogP contribution in [0, 0.1) is 0 Å². The Labute approximate surface area is 127 Å². The smallest absolute Gasteiger partial charge is 0.224 e. The van der Waals surface area contributed by atoms with Crippen LogP contribution in [0.25, 0.3) is 0 Å². The number of rotatable bonds is 7. The molecular formula is C17H26N2O2. The molecule has 0 radical (unpaired) electrons. The molecule has 0 atom stereocenters. The van der Waals surface area contributed by atoms with Crippen LogP contribution in [0.1, 0.15) is 43.2 Å². The number of benzene rings is 1. The molecule has 1 fully saturated rings. The highest BCUT2D eigenvalue weighted by molar-refractivity contribution is 5.78. The summed E-state index contributed by atoms with van der Waals surface area (Å²) < 4.78 is 5.79. The molecule has 4 nitrogen and oxygen atoms in total. The van der Waals surface area contributed by atoms with Crippen LogP contribution in [-0.2, 0) is 22.5 Å². The fraction of sp³-hybridized carbons (Fsp3) is 0.588. The second-order valence-electron chi connectivity index (χ2n) is 5.68. The molecule has 1 saturated carbocycles. The van der Waals surface area contributed by atoms with Crippen LogP contribution < -0.4 is 11.1 Å². The highest BCUT2D eigenvalue weighted by atomic mass is 16.5. The van der Waals surface area contributed by atoms with Gasteiger partial charge in [-0.05, 0) is 24.0 Å². The molecule has 2 rings (SSSR count). The third kappa shape index (κ3) is 5.86. The van der Waals surface area contributed by atoms with E-state index < -0.39 is 0 Å². The van der Waals surface area contributed by atoms with Gasteiger partial charge in [0.1, 0.15) is 0 Å². The molecule has 21 heavy (non-hydrogen) atoms. The zero-order valence-electron chi connectivity index (χ0n) is 12.6. The van der Waals surface area contributed by atoms with Gasteiger partial charge < -0.3 is 15.8 Å². The van der Waals surface area contributed by atoms with E-state index >= 15 is 0 Å². The van der Waals surface area contributed by atoms with Gasteiger partial charge >= 0.3 is 0 Å². The second-order valence-corrected chi connectivity index (χ2v) is 5.68. The molecule has 0 unspecified atom stereocenters. The Morgan fingerprint density at radius 3 is 2.48 bits per heavy atom. The Morgan fingerprint density at radius 2 is 1.81 bits per heavy atom. The summed E-state index contributed by atoms with van der Waals surface area (Å²) in [5.74, 6) is 0.0442. The average molecular weight is 290 g/mol. The summed E-state index contributed by atoms with van der Waals surface area (Å²) in [4.78, 5) is 11.8. The van der Waals surface area contributed by atoms with Crippen molar-refractivity contribution in [2.24, 2.45) is 5.73 Å². The molecule has 0 spiro atoms. The molecule has 3 N–H and O–H groups in total. The van der Waals surface area contributed by atoms with Gasteiger partial charge in [0.15, 0.2) is 0 Å². The molecule has 1 aliphatic rings. The van der Waals surface area contributed by atoms with E-state index in [1.165, 1.54) is 32.1 Å². The predicted octanol–water partition coefficient (Wildman–Crippen LogP) is 2.15. The highest BCUT2D eigenvalue weighted by Gasteiger charge is 2.13. The van der Waals surface area contributed by atoms with Gasteiger partial charge in [0.25, 0.3) is 0 Å². The number of nitrogens with two attached hydrogens (primary N) is 1. The summed E-state index contributed by atoms with van der Waals surface area (Å²) in [6.07, 6.45) is 7.03. The highest BCUT2D eigenvalue weighted by Crippen LogP contribution is 2.19. The Hall–Kier alpha value is -1.39. The minimum atomic E-state index is 0.0442. The van der Waals surface area contributed by atoms with E-state index in [9.17, 15) is 4.79 Å². The van der Waals surface area contributed by atoms with E-state index in [0.717, 1.165) is 11.1 Å². The first-order valence-electron chi connectivity index (χ1n) is 7.94. The fourth-order valence-electron chi connectivity index (χ4n) is 2.69. The third-order valence-electron chi connectivity index (χ3n) is 3.95. The number of hydrogen-bond acceptors (Lipinski definition) is 3. The van der Waals surface area contributed by atoms with Crippen LogP contribution in [0.15, 0.2) is 24.3 Å². The summed E-state index contributed by atoms with van der Waals surface area (Å²) in [6, 6.07) is 7.85. The molecule has 0 heterocycles. The van der Waals surface area contributed by atoms with Crippen molar-refractivity contribution in [2.75, 3.05) is 13.2 Å². The van der Waals surface area contributed by atoms with Crippen LogP contribution in [0.5, 0.6) is 0 Å². The van der Waals surface area contributed by atoms with Crippen molar-refractivity contribution in [3.8, 4) is 0 Å². The van der Waals surface area contributed by atoms with Crippen molar-refractivity contribution in [1.82, 2.24) is 5.32 Å². The molecule has 1 aromatic rings. The summed E-state index contributed by atoms with van der Waals surface area (Å²) >= 11 is 0. The first kappa shape index (κ1) is 16.0. The number of amides is 1. The molecule has 0 aromatic heterocycles. The van der Waals surface area contributed by atoms with E-state index in [1.807, 2.05) is 24.3 Å². The lowest BCUT2D eigenvalue weighted by molar-refractivity contribution is -0.120. The topological polar surface area (TPSA) is 64.4 Å². The Bertz CT molecular complexity index is 425. The number of hydrogen-bond donors (Lipinski definition) is 2. The van der Waals surface area contributed by atoms with Crippen LogP contribution in [-0.4, -0.2) is 25.2 Å². The lowest BCUT2D eigenvalue weighted by atomic mass is 9.98. The maximum absolute atomic E-state index is 11.8. The molecular weight excluding hydrogens is 264 g/mol. The van der Waals surface area contributed by atoms with Gasteiger partial charge in [-0.3, -0.25) is 4.79 Å². The molecule has 116 valence electrons. The largest absolute Gasteiger partial charge is 0.376 e. The van der Waals surface area contributed by atoms with Gasteiger partial charge in [-0.1, -0.05) is 43.5 Å². The van der Waals surface area contributed by atoms with E-state index in [2.05, 4.69) is 5.32 Å². The first-order valence-corrected chi connectivity index (χ1v) is 7.94. The van der Waals surface area contributed by atoms with Crippen molar-refractivity contribution >= 4 is 5.91 Å². The molecule has 1 amide bonds. The van der Waals surface area contributed by atoms with Crippen LogP contribution in [0.4, 0.5) is 0 Å². The first-order chi connectivity index (χ1) is 10.3. The van der Waals surface area contributed by atoms with Crippen LogP contribution >= 0.6 is 0 Å². The number of ether oxygens (including phenoxy) is 1. The summed E-state index contributed by atoms with van der Waals surface area (Å²) in [5.41, 5.74) is 7.65. The summed E-state index contributed by atoms with van der Waals surface area (Å²) in [6.45, 7) is 1.74. The van der Waals surface area contributed by atoms with Gasteiger partial charge in [0.05, 0.1) is 19.1 Å². The lowest BCUT2D eigenvalue weighted by Gasteiger charge is -2.22. The zero-order chi connectivity index (χ0) is 14.9. The van der Waals surface area contributed by atoms with Gasteiger partial charge in [-0.15, -0.1) is 0 Å². The molecule has 1 aliphatic carbocycles. The quantitative estimate of drug-likeness (QED) is 0.756. The van der Waals surface area contributed by atoms with Crippen molar-refractivity contribution in [3.63, 3.8) is 0 Å². The van der Waals surface area contributed by atoms with Crippen molar-refractivity contribution < 1.29 is 9.53 Å². The monoisotopic (exact) mass is 290 g/mol. The van der Waals surface area contributed by atoms with E-state index in [-0.39, 0.29) is 5.91 Å².